The fraction of sp³-hybridized carbons (Fsp3) is 0.533. The van der Waals surface area contributed by atoms with Crippen LogP contribution in [0.3, 0.4) is 0 Å². The molecule has 5 heteroatoms. The van der Waals surface area contributed by atoms with E-state index >= 15 is 0 Å². The zero-order chi connectivity index (χ0) is 14.6. The summed E-state index contributed by atoms with van der Waals surface area (Å²) < 4.78 is 13.8. The summed E-state index contributed by atoms with van der Waals surface area (Å²) in [5, 5.41) is 12.4. The van der Waals surface area contributed by atoms with Crippen molar-refractivity contribution in [3.05, 3.63) is 34.1 Å². The van der Waals surface area contributed by atoms with Crippen LogP contribution in [0.15, 0.2) is 22.7 Å². The van der Waals surface area contributed by atoms with E-state index < -0.39 is 5.82 Å². The molecule has 0 radical (unpaired) electrons. The second kappa shape index (κ2) is 6.68. The van der Waals surface area contributed by atoms with Crippen molar-refractivity contribution < 1.29 is 14.3 Å². The lowest BCUT2D eigenvalue weighted by molar-refractivity contribution is 0.0718. The molecule has 20 heavy (non-hydrogen) atoms. The number of rotatable bonds is 4. The van der Waals surface area contributed by atoms with Crippen molar-refractivity contribution in [2.75, 3.05) is 13.2 Å². The van der Waals surface area contributed by atoms with Crippen LogP contribution >= 0.6 is 15.9 Å². The number of benzene rings is 1. The summed E-state index contributed by atoms with van der Waals surface area (Å²) in [6, 6.07) is 4.12. The van der Waals surface area contributed by atoms with Gasteiger partial charge in [0.05, 0.1) is 6.61 Å². The summed E-state index contributed by atoms with van der Waals surface area (Å²) >= 11 is 3.17. The van der Waals surface area contributed by atoms with Crippen LogP contribution in [0.1, 0.15) is 42.5 Å². The number of halogens is 2. The maximum Gasteiger partial charge on any atom is 0.251 e. The van der Waals surface area contributed by atoms with Crippen LogP contribution in [0.2, 0.25) is 0 Å². The highest BCUT2D eigenvalue weighted by Crippen LogP contribution is 2.35. The van der Waals surface area contributed by atoms with E-state index in [2.05, 4.69) is 21.2 Å². The molecule has 110 valence electrons. The maximum atomic E-state index is 13.3. The minimum absolute atomic E-state index is 0.0835. The second-order valence-electron chi connectivity index (χ2n) is 5.56. The number of hydrogen-bond acceptors (Lipinski definition) is 2. The Morgan fingerprint density at radius 1 is 1.30 bits per heavy atom. The fourth-order valence-electron chi connectivity index (χ4n) is 2.75. The van der Waals surface area contributed by atoms with E-state index in [9.17, 15) is 14.3 Å². The van der Waals surface area contributed by atoms with Crippen molar-refractivity contribution >= 4 is 21.8 Å². The van der Waals surface area contributed by atoms with Crippen molar-refractivity contribution in [3.63, 3.8) is 0 Å². The lowest BCUT2D eigenvalue weighted by atomic mass is 9.74. The van der Waals surface area contributed by atoms with Crippen molar-refractivity contribution in [1.82, 2.24) is 5.32 Å². The van der Waals surface area contributed by atoms with E-state index in [0.717, 1.165) is 25.7 Å². The first kappa shape index (κ1) is 15.4. The maximum absolute atomic E-state index is 13.3. The Labute approximate surface area is 126 Å². The summed E-state index contributed by atoms with van der Waals surface area (Å²) in [7, 11) is 0. The Bertz CT molecular complexity index is 467. The third kappa shape index (κ3) is 3.79. The summed E-state index contributed by atoms with van der Waals surface area (Å²) in [4.78, 5) is 12.1. The molecular formula is C15H19BrFNO2. The molecule has 2 N–H and O–H groups in total. The van der Waals surface area contributed by atoms with Crippen LogP contribution in [0, 0.1) is 11.2 Å². The SMILES string of the molecule is O=C(NCC1(CO)CCCCC1)c1cc(F)cc(Br)c1. The van der Waals surface area contributed by atoms with Crippen molar-refractivity contribution in [1.29, 1.82) is 0 Å². The smallest absolute Gasteiger partial charge is 0.251 e. The van der Waals surface area contributed by atoms with Crippen molar-refractivity contribution in [2.45, 2.75) is 32.1 Å². The molecule has 0 bridgehead atoms. The molecule has 3 nitrogen and oxygen atoms in total. The van der Waals surface area contributed by atoms with Gasteiger partial charge < -0.3 is 10.4 Å². The molecule has 0 saturated heterocycles. The first-order chi connectivity index (χ1) is 9.54. The molecule has 0 spiro atoms. The molecule has 0 aromatic heterocycles. The van der Waals surface area contributed by atoms with Gasteiger partial charge in [-0.3, -0.25) is 4.79 Å². The molecule has 0 heterocycles. The average Bonchev–Trinajstić information content (AvgIpc) is 2.45. The summed E-state index contributed by atoms with van der Waals surface area (Å²) in [6.45, 7) is 0.524. The highest BCUT2D eigenvalue weighted by Gasteiger charge is 2.31. The molecule has 2 rings (SSSR count). The molecular weight excluding hydrogens is 325 g/mol. The largest absolute Gasteiger partial charge is 0.396 e. The molecule has 1 aromatic rings. The number of aliphatic hydroxyl groups excluding tert-OH is 1. The van der Waals surface area contributed by atoms with E-state index in [1.165, 1.54) is 18.6 Å². The molecule has 1 fully saturated rings. The average molecular weight is 344 g/mol. The summed E-state index contributed by atoms with van der Waals surface area (Å²) in [5.74, 6) is -0.748. The van der Waals surface area contributed by atoms with Gasteiger partial charge in [-0.15, -0.1) is 0 Å². The standard InChI is InChI=1S/C15H19BrFNO2/c16-12-6-11(7-13(17)8-12)14(20)18-9-15(10-19)4-2-1-3-5-15/h6-8,19H,1-5,9-10H2,(H,18,20). The molecule has 0 aliphatic heterocycles. The number of nitrogens with one attached hydrogen (secondary N) is 1. The van der Waals surface area contributed by atoms with Crippen molar-refractivity contribution in [2.24, 2.45) is 5.41 Å². The number of carbonyl (C=O) groups is 1. The van der Waals surface area contributed by atoms with Crippen LogP contribution in [-0.2, 0) is 0 Å². The second-order valence-corrected chi connectivity index (χ2v) is 6.48. The molecule has 1 aromatic carbocycles. The fourth-order valence-corrected chi connectivity index (χ4v) is 3.21. The Balaban J connectivity index is 2.00. The van der Waals surface area contributed by atoms with E-state index in [1.54, 1.807) is 6.07 Å². The molecule has 1 saturated carbocycles. The van der Waals surface area contributed by atoms with Crippen LogP contribution in [-0.4, -0.2) is 24.2 Å². The van der Waals surface area contributed by atoms with Gasteiger partial charge >= 0.3 is 0 Å². The topological polar surface area (TPSA) is 49.3 Å². The third-order valence-corrected chi connectivity index (χ3v) is 4.46. The predicted octanol–water partition coefficient (Wildman–Crippen LogP) is 3.26. The predicted molar refractivity (Wildman–Crippen MR) is 79.0 cm³/mol. The first-order valence-corrected chi connectivity index (χ1v) is 7.69. The monoisotopic (exact) mass is 343 g/mol. The Hall–Kier alpha value is -0.940. The van der Waals surface area contributed by atoms with Gasteiger partial charge in [0.1, 0.15) is 5.82 Å². The lowest BCUT2D eigenvalue weighted by Gasteiger charge is -2.35. The Kier molecular flexibility index (Phi) is 5.16. The number of aliphatic hydroxyl groups is 1. The van der Waals surface area contributed by atoms with Crippen LogP contribution < -0.4 is 5.32 Å². The first-order valence-electron chi connectivity index (χ1n) is 6.90. The molecule has 0 atom stereocenters. The number of carbonyl (C=O) groups excluding carboxylic acids is 1. The molecule has 0 unspecified atom stereocenters. The summed E-state index contributed by atoms with van der Waals surface area (Å²) in [5.41, 5.74) is 0.0825. The zero-order valence-corrected chi connectivity index (χ0v) is 12.9. The highest BCUT2D eigenvalue weighted by atomic mass is 79.9. The van der Waals surface area contributed by atoms with E-state index in [1.807, 2.05) is 0 Å². The van der Waals surface area contributed by atoms with Gasteiger partial charge in [0.25, 0.3) is 5.91 Å². The zero-order valence-electron chi connectivity index (χ0n) is 11.3. The molecule has 1 aliphatic rings. The van der Waals surface area contributed by atoms with Gasteiger partial charge in [-0.25, -0.2) is 4.39 Å². The molecule has 1 aliphatic carbocycles. The van der Waals surface area contributed by atoms with Crippen LogP contribution in [0.25, 0.3) is 0 Å². The third-order valence-electron chi connectivity index (χ3n) is 4.00. The van der Waals surface area contributed by atoms with Gasteiger partial charge in [-0.2, -0.15) is 0 Å². The minimum atomic E-state index is -0.445. The molecule has 1 amide bonds. The van der Waals surface area contributed by atoms with E-state index in [4.69, 9.17) is 0 Å². The van der Waals surface area contributed by atoms with Crippen LogP contribution in [0.4, 0.5) is 4.39 Å². The Morgan fingerprint density at radius 2 is 2.00 bits per heavy atom. The minimum Gasteiger partial charge on any atom is -0.396 e. The van der Waals surface area contributed by atoms with Gasteiger partial charge in [0, 0.05) is 22.0 Å². The quantitative estimate of drug-likeness (QED) is 0.881. The number of hydrogen-bond donors (Lipinski definition) is 2. The van der Waals surface area contributed by atoms with E-state index in [-0.39, 0.29) is 17.9 Å². The van der Waals surface area contributed by atoms with Gasteiger partial charge in [-0.05, 0) is 31.0 Å². The Morgan fingerprint density at radius 3 is 2.60 bits per heavy atom. The van der Waals surface area contributed by atoms with Gasteiger partial charge in [0.15, 0.2) is 0 Å². The highest BCUT2D eigenvalue weighted by molar-refractivity contribution is 9.10. The lowest BCUT2D eigenvalue weighted by Crippen LogP contribution is -2.41. The number of amides is 1. The van der Waals surface area contributed by atoms with Crippen LogP contribution in [0.5, 0.6) is 0 Å². The van der Waals surface area contributed by atoms with Crippen molar-refractivity contribution in [3.8, 4) is 0 Å². The normalized spacial score (nSPS) is 17.8. The van der Waals surface area contributed by atoms with Gasteiger partial charge in [-0.1, -0.05) is 35.2 Å². The van der Waals surface area contributed by atoms with E-state index in [0.29, 0.717) is 16.6 Å². The summed E-state index contributed by atoms with van der Waals surface area (Å²) in [6.07, 6.45) is 5.21. The van der Waals surface area contributed by atoms with Gasteiger partial charge in [0.2, 0.25) is 0 Å².